The van der Waals surface area contributed by atoms with Gasteiger partial charge in [0.05, 0.1) is 0 Å². The standard InChI is InChI=1S/C14H28N2O2.H2/c1-11(2)16-8-6-12(7-9-16)10-15-13(17)18-14(3,4)5;/h11-12H,6-10H2,1-5H3,(H,15,17);1H. The fraction of sp³-hybridized carbons (Fsp3) is 0.929. The number of hydrogen-bond acceptors (Lipinski definition) is 3. The lowest BCUT2D eigenvalue weighted by atomic mass is 9.96. The summed E-state index contributed by atoms with van der Waals surface area (Å²) in [6.45, 7) is 13.1. The van der Waals surface area contributed by atoms with Crippen LogP contribution in [0.3, 0.4) is 0 Å². The molecule has 0 aliphatic carbocycles. The Morgan fingerprint density at radius 1 is 1.39 bits per heavy atom. The van der Waals surface area contributed by atoms with Crippen LogP contribution < -0.4 is 5.32 Å². The SMILES string of the molecule is CC(C)N1CCC(CNC(=O)OC(C)(C)C)CC1.[HH]. The van der Waals surface area contributed by atoms with E-state index in [4.69, 9.17) is 4.74 Å². The Bertz CT molecular complexity index is 269. The predicted octanol–water partition coefficient (Wildman–Crippen LogP) is 2.88. The number of carbonyl (C=O) groups is 1. The van der Waals surface area contributed by atoms with Crippen LogP contribution in [0.25, 0.3) is 0 Å². The molecule has 0 aromatic carbocycles. The number of carbonyl (C=O) groups excluding carboxylic acids is 1. The zero-order chi connectivity index (χ0) is 13.8. The van der Waals surface area contributed by atoms with Gasteiger partial charge in [0.25, 0.3) is 0 Å². The molecule has 0 bridgehead atoms. The molecule has 4 nitrogen and oxygen atoms in total. The summed E-state index contributed by atoms with van der Waals surface area (Å²) in [5.74, 6) is 0.590. The van der Waals surface area contributed by atoms with E-state index in [1.165, 1.54) is 0 Å². The Morgan fingerprint density at radius 2 is 1.94 bits per heavy atom. The number of nitrogens with one attached hydrogen (secondary N) is 1. The number of amides is 1. The third-order valence-electron chi connectivity index (χ3n) is 3.31. The minimum atomic E-state index is -0.412. The van der Waals surface area contributed by atoms with E-state index >= 15 is 0 Å². The van der Waals surface area contributed by atoms with E-state index < -0.39 is 5.60 Å². The van der Waals surface area contributed by atoms with Gasteiger partial charge in [-0.25, -0.2) is 4.79 Å². The molecule has 0 aromatic rings. The van der Waals surface area contributed by atoms with Gasteiger partial charge in [-0.05, 0) is 66.5 Å². The molecule has 1 rings (SSSR count). The van der Waals surface area contributed by atoms with Crippen LogP contribution in [0.5, 0.6) is 0 Å². The largest absolute Gasteiger partial charge is 0.444 e. The molecule has 0 atom stereocenters. The Labute approximate surface area is 113 Å². The van der Waals surface area contributed by atoms with Gasteiger partial charge in [0.15, 0.2) is 0 Å². The van der Waals surface area contributed by atoms with Crippen molar-refractivity contribution in [3.8, 4) is 0 Å². The number of ether oxygens (including phenoxy) is 1. The molecule has 108 valence electrons. The minimum absolute atomic E-state index is 0. The van der Waals surface area contributed by atoms with Crippen LogP contribution in [-0.2, 0) is 4.74 Å². The Balaban J connectivity index is 0.00000324. The Kier molecular flexibility index (Phi) is 5.45. The highest BCUT2D eigenvalue weighted by Crippen LogP contribution is 2.18. The van der Waals surface area contributed by atoms with E-state index in [9.17, 15) is 4.79 Å². The van der Waals surface area contributed by atoms with Gasteiger partial charge in [0.2, 0.25) is 0 Å². The van der Waals surface area contributed by atoms with Gasteiger partial charge in [-0.3, -0.25) is 0 Å². The molecule has 0 unspecified atom stereocenters. The smallest absolute Gasteiger partial charge is 0.407 e. The molecule has 18 heavy (non-hydrogen) atoms. The van der Waals surface area contributed by atoms with Crippen LogP contribution in [0, 0.1) is 5.92 Å². The van der Waals surface area contributed by atoms with Gasteiger partial charge in [0.1, 0.15) is 5.60 Å². The molecule has 1 aliphatic heterocycles. The molecule has 0 radical (unpaired) electrons. The summed E-state index contributed by atoms with van der Waals surface area (Å²) in [4.78, 5) is 14.0. The van der Waals surface area contributed by atoms with E-state index in [0.717, 1.165) is 32.5 Å². The average Bonchev–Trinajstić information content (AvgIpc) is 2.24. The number of rotatable bonds is 3. The summed E-state index contributed by atoms with van der Waals surface area (Å²) >= 11 is 0. The highest BCUT2D eigenvalue weighted by Gasteiger charge is 2.22. The first-order valence-electron chi connectivity index (χ1n) is 6.99. The van der Waals surface area contributed by atoms with Crippen molar-refractivity contribution >= 4 is 6.09 Å². The molecule has 0 spiro atoms. The quantitative estimate of drug-likeness (QED) is 0.846. The van der Waals surface area contributed by atoms with Crippen molar-refractivity contribution in [2.24, 2.45) is 5.92 Å². The van der Waals surface area contributed by atoms with Gasteiger partial charge >= 0.3 is 6.09 Å². The molecule has 4 heteroatoms. The lowest BCUT2D eigenvalue weighted by Gasteiger charge is -2.34. The summed E-state index contributed by atoms with van der Waals surface area (Å²) in [7, 11) is 0. The van der Waals surface area contributed by atoms with Crippen molar-refractivity contribution in [1.29, 1.82) is 0 Å². The molecule has 1 N–H and O–H groups in total. The normalized spacial score (nSPS) is 19.0. The number of likely N-dealkylation sites (tertiary alicyclic amines) is 1. The second-order valence-corrected chi connectivity index (χ2v) is 6.46. The van der Waals surface area contributed by atoms with Crippen molar-refractivity contribution in [2.45, 2.75) is 59.1 Å². The minimum Gasteiger partial charge on any atom is -0.444 e. The summed E-state index contributed by atoms with van der Waals surface area (Å²) in [5, 5.41) is 2.87. The fourth-order valence-electron chi connectivity index (χ4n) is 2.22. The maximum absolute atomic E-state index is 11.5. The van der Waals surface area contributed by atoms with Crippen molar-refractivity contribution < 1.29 is 11.0 Å². The third kappa shape index (κ3) is 5.71. The second kappa shape index (κ2) is 6.41. The molecule has 0 saturated carbocycles. The highest BCUT2D eigenvalue weighted by atomic mass is 16.6. The molecule has 0 aromatic heterocycles. The van der Waals surface area contributed by atoms with Crippen LogP contribution in [0.4, 0.5) is 4.79 Å². The number of piperidine rings is 1. The first kappa shape index (κ1) is 15.3. The lowest BCUT2D eigenvalue weighted by Crippen LogP contribution is -2.42. The monoisotopic (exact) mass is 258 g/mol. The maximum Gasteiger partial charge on any atom is 0.407 e. The van der Waals surface area contributed by atoms with Gasteiger partial charge < -0.3 is 15.0 Å². The lowest BCUT2D eigenvalue weighted by molar-refractivity contribution is 0.0506. The molecular formula is C14H30N2O2. The number of hydrogen-bond donors (Lipinski definition) is 1. The molecule has 1 fully saturated rings. The predicted molar refractivity (Wildman–Crippen MR) is 75.8 cm³/mol. The van der Waals surface area contributed by atoms with Crippen molar-refractivity contribution in [2.75, 3.05) is 19.6 Å². The summed E-state index contributed by atoms with van der Waals surface area (Å²) in [6, 6.07) is 0.629. The first-order chi connectivity index (χ1) is 8.28. The zero-order valence-electron chi connectivity index (χ0n) is 12.5. The summed E-state index contributed by atoms with van der Waals surface area (Å²) in [5.41, 5.74) is -0.412. The van der Waals surface area contributed by atoms with E-state index in [1.807, 2.05) is 20.8 Å². The Hall–Kier alpha value is -0.770. The molecule has 1 heterocycles. The summed E-state index contributed by atoms with van der Waals surface area (Å²) < 4.78 is 5.23. The zero-order valence-corrected chi connectivity index (χ0v) is 12.5. The molecular weight excluding hydrogens is 228 g/mol. The van der Waals surface area contributed by atoms with Crippen molar-refractivity contribution in [3.05, 3.63) is 0 Å². The van der Waals surface area contributed by atoms with Crippen LogP contribution in [0.1, 0.15) is 48.9 Å². The number of nitrogens with zero attached hydrogens (tertiary/aromatic N) is 1. The van der Waals surface area contributed by atoms with E-state index in [1.54, 1.807) is 0 Å². The van der Waals surface area contributed by atoms with E-state index in [2.05, 4.69) is 24.1 Å². The first-order valence-corrected chi connectivity index (χ1v) is 6.99. The molecule has 1 saturated heterocycles. The van der Waals surface area contributed by atoms with Crippen LogP contribution >= 0.6 is 0 Å². The highest BCUT2D eigenvalue weighted by molar-refractivity contribution is 5.67. The summed E-state index contributed by atoms with van der Waals surface area (Å²) in [6.07, 6.45) is 2.02. The van der Waals surface area contributed by atoms with Gasteiger partial charge in [-0.1, -0.05) is 0 Å². The average molecular weight is 258 g/mol. The molecule has 1 amide bonds. The third-order valence-corrected chi connectivity index (χ3v) is 3.31. The second-order valence-electron chi connectivity index (χ2n) is 6.46. The van der Waals surface area contributed by atoms with Crippen LogP contribution in [0.15, 0.2) is 0 Å². The maximum atomic E-state index is 11.5. The van der Waals surface area contributed by atoms with Crippen LogP contribution in [0.2, 0.25) is 0 Å². The Morgan fingerprint density at radius 3 is 2.39 bits per heavy atom. The van der Waals surface area contributed by atoms with E-state index in [0.29, 0.717) is 12.0 Å². The van der Waals surface area contributed by atoms with Gasteiger partial charge in [-0.15, -0.1) is 0 Å². The fourth-order valence-corrected chi connectivity index (χ4v) is 2.22. The molecule has 1 aliphatic rings. The van der Waals surface area contributed by atoms with Crippen molar-refractivity contribution in [3.63, 3.8) is 0 Å². The van der Waals surface area contributed by atoms with Crippen LogP contribution in [-0.4, -0.2) is 42.3 Å². The topological polar surface area (TPSA) is 41.6 Å². The van der Waals surface area contributed by atoms with E-state index in [-0.39, 0.29) is 7.52 Å². The van der Waals surface area contributed by atoms with Gasteiger partial charge in [0, 0.05) is 14.0 Å². The van der Waals surface area contributed by atoms with Gasteiger partial charge in [-0.2, -0.15) is 0 Å². The number of alkyl carbamates (subject to hydrolysis) is 1. The van der Waals surface area contributed by atoms with Crippen molar-refractivity contribution in [1.82, 2.24) is 10.2 Å².